The van der Waals surface area contributed by atoms with Crippen LogP contribution in [-0.4, -0.2) is 22.4 Å². The summed E-state index contributed by atoms with van der Waals surface area (Å²) < 4.78 is 0. The van der Waals surface area contributed by atoms with E-state index in [2.05, 4.69) is 21.2 Å². The number of carbonyl (C=O) groups is 1. The highest BCUT2D eigenvalue weighted by Gasteiger charge is 2.13. The number of aliphatic hydroxyl groups excluding tert-OH is 1. The van der Waals surface area contributed by atoms with Gasteiger partial charge in [-0.15, -0.1) is 0 Å². The van der Waals surface area contributed by atoms with E-state index in [4.69, 9.17) is 5.26 Å². The van der Waals surface area contributed by atoms with Gasteiger partial charge in [0.15, 0.2) is 0 Å². The van der Waals surface area contributed by atoms with E-state index in [-0.39, 0.29) is 5.33 Å². The molecular formula is C11H11BrN2O2. The van der Waals surface area contributed by atoms with Crippen molar-refractivity contribution in [1.29, 1.82) is 5.26 Å². The van der Waals surface area contributed by atoms with Crippen LogP contribution < -0.4 is 5.32 Å². The average Bonchev–Trinajstić information content (AvgIpc) is 2.28. The van der Waals surface area contributed by atoms with E-state index in [1.54, 1.807) is 25.1 Å². The van der Waals surface area contributed by atoms with E-state index in [1.165, 1.54) is 0 Å². The van der Waals surface area contributed by atoms with Gasteiger partial charge in [-0.05, 0) is 30.7 Å². The van der Waals surface area contributed by atoms with Gasteiger partial charge in [0.1, 0.15) is 6.10 Å². The van der Waals surface area contributed by atoms with Gasteiger partial charge in [-0.3, -0.25) is 4.79 Å². The predicted molar refractivity (Wildman–Crippen MR) is 64.3 cm³/mol. The Kier molecular flexibility index (Phi) is 4.47. The Balaban J connectivity index is 2.80. The Morgan fingerprint density at radius 1 is 1.69 bits per heavy atom. The lowest BCUT2D eigenvalue weighted by Crippen LogP contribution is -2.28. The zero-order chi connectivity index (χ0) is 12.1. The van der Waals surface area contributed by atoms with Gasteiger partial charge in [-0.25, -0.2) is 0 Å². The Morgan fingerprint density at radius 3 is 2.88 bits per heavy atom. The molecule has 0 aliphatic carbocycles. The number of nitrogens with zero attached hydrogens (tertiary/aromatic N) is 1. The molecule has 1 atom stereocenters. The summed E-state index contributed by atoms with van der Waals surface area (Å²) >= 11 is 3.01. The molecular weight excluding hydrogens is 272 g/mol. The molecule has 16 heavy (non-hydrogen) atoms. The number of anilines is 1. The third kappa shape index (κ3) is 3.05. The maximum absolute atomic E-state index is 11.4. The molecule has 0 aliphatic rings. The Hall–Kier alpha value is -1.38. The first-order valence-corrected chi connectivity index (χ1v) is 5.76. The van der Waals surface area contributed by atoms with Crippen molar-refractivity contribution in [2.75, 3.05) is 10.6 Å². The lowest BCUT2D eigenvalue weighted by molar-refractivity contribution is -0.122. The van der Waals surface area contributed by atoms with Gasteiger partial charge in [0.05, 0.1) is 11.6 Å². The maximum Gasteiger partial charge on any atom is 0.254 e. The first kappa shape index (κ1) is 12.7. The van der Waals surface area contributed by atoms with Crippen molar-refractivity contribution in [1.82, 2.24) is 0 Å². The van der Waals surface area contributed by atoms with Crippen LogP contribution in [0.5, 0.6) is 0 Å². The molecule has 1 aromatic rings. The van der Waals surface area contributed by atoms with Crippen LogP contribution in [0.1, 0.15) is 11.1 Å². The minimum Gasteiger partial charge on any atom is -0.382 e. The number of carbonyl (C=O) groups excluding carboxylic acids is 1. The number of halogens is 1. The van der Waals surface area contributed by atoms with Crippen molar-refractivity contribution in [3.63, 3.8) is 0 Å². The molecule has 1 rings (SSSR count). The van der Waals surface area contributed by atoms with Crippen LogP contribution in [0, 0.1) is 18.3 Å². The summed E-state index contributed by atoms with van der Waals surface area (Å²) in [4.78, 5) is 11.4. The van der Waals surface area contributed by atoms with Crippen molar-refractivity contribution in [2.45, 2.75) is 13.0 Å². The molecule has 1 amide bonds. The monoisotopic (exact) mass is 282 g/mol. The van der Waals surface area contributed by atoms with Crippen molar-refractivity contribution >= 4 is 27.5 Å². The van der Waals surface area contributed by atoms with E-state index in [1.807, 2.05) is 6.07 Å². The summed E-state index contributed by atoms with van der Waals surface area (Å²) in [6, 6.07) is 6.99. The van der Waals surface area contributed by atoms with Crippen molar-refractivity contribution in [3.8, 4) is 6.07 Å². The second-order valence-electron chi connectivity index (χ2n) is 3.30. The fraction of sp³-hybridized carbons (Fsp3) is 0.273. The minimum atomic E-state index is -1.07. The van der Waals surface area contributed by atoms with Gasteiger partial charge < -0.3 is 10.4 Å². The van der Waals surface area contributed by atoms with Crippen LogP contribution in [-0.2, 0) is 4.79 Å². The van der Waals surface area contributed by atoms with Crippen molar-refractivity contribution in [3.05, 3.63) is 29.3 Å². The van der Waals surface area contributed by atoms with Crippen LogP contribution in [0.15, 0.2) is 18.2 Å². The average molecular weight is 283 g/mol. The molecule has 0 unspecified atom stereocenters. The van der Waals surface area contributed by atoms with Crippen LogP contribution >= 0.6 is 15.9 Å². The summed E-state index contributed by atoms with van der Waals surface area (Å²) in [7, 11) is 0. The van der Waals surface area contributed by atoms with Crippen LogP contribution in [0.3, 0.4) is 0 Å². The number of aryl methyl sites for hydroxylation is 1. The second-order valence-corrected chi connectivity index (χ2v) is 3.95. The molecule has 2 N–H and O–H groups in total. The number of amides is 1. The smallest absolute Gasteiger partial charge is 0.254 e. The molecule has 0 bridgehead atoms. The Morgan fingerprint density at radius 2 is 2.38 bits per heavy atom. The second kappa shape index (κ2) is 5.64. The standard InChI is InChI=1S/C11H11BrN2O2/c1-7-4-9(3-2-8(7)6-13)14-11(16)10(15)5-12/h2-4,10,15H,5H2,1H3,(H,14,16)/t10-/m0/s1. The number of aliphatic hydroxyl groups is 1. The van der Waals surface area contributed by atoms with Gasteiger partial charge in [-0.2, -0.15) is 5.26 Å². The number of rotatable bonds is 3. The molecule has 0 fully saturated rings. The van der Waals surface area contributed by atoms with Crippen LogP contribution in [0.4, 0.5) is 5.69 Å². The summed E-state index contributed by atoms with van der Waals surface area (Å²) in [5.41, 5.74) is 1.93. The largest absolute Gasteiger partial charge is 0.382 e. The van der Waals surface area contributed by atoms with Crippen LogP contribution in [0.2, 0.25) is 0 Å². The van der Waals surface area contributed by atoms with E-state index >= 15 is 0 Å². The van der Waals surface area contributed by atoms with E-state index < -0.39 is 12.0 Å². The topological polar surface area (TPSA) is 73.1 Å². The summed E-state index contributed by atoms with van der Waals surface area (Å²) in [5, 5.41) is 20.7. The molecule has 0 spiro atoms. The van der Waals surface area contributed by atoms with E-state index in [0.29, 0.717) is 11.3 Å². The highest BCUT2D eigenvalue weighted by atomic mass is 79.9. The van der Waals surface area contributed by atoms with Gasteiger partial charge in [0, 0.05) is 11.0 Å². The number of nitrogens with one attached hydrogen (secondary N) is 1. The third-order valence-electron chi connectivity index (χ3n) is 2.06. The number of alkyl halides is 1. The zero-order valence-corrected chi connectivity index (χ0v) is 10.3. The quantitative estimate of drug-likeness (QED) is 0.827. The highest BCUT2D eigenvalue weighted by molar-refractivity contribution is 9.09. The normalized spacial score (nSPS) is 11.6. The molecule has 84 valence electrons. The first-order valence-electron chi connectivity index (χ1n) is 4.64. The summed E-state index contributed by atoms with van der Waals surface area (Å²) in [5.74, 6) is -0.471. The van der Waals surface area contributed by atoms with Crippen molar-refractivity contribution < 1.29 is 9.90 Å². The highest BCUT2D eigenvalue weighted by Crippen LogP contribution is 2.14. The lowest BCUT2D eigenvalue weighted by Gasteiger charge is -2.09. The third-order valence-corrected chi connectivity index (χ3v) is 2.68. The Labute approximate surface area is 102 Å². The van der Waals surface area contributed by atoms with Gasteiger partial charge in [0.2, 0.25) is 0 Å². The first-order chi connectivity index (χ1) is 7.58. The van der Waals surface area contributed by atoms with E-state index in [9.17, 15) is 9.90 Å². The molecule has 0 radical (unpaired) electrons. The number of hydrogen-bond acceptors (Lipinski definition) is 3. The molecule has 0 aliphatic heterocycles. The lowest BCUT2D eigenvalue weighted by atomic mass is 10.1. The summed E-state index contributed by atoms with van der Waals surface area (Å²) in [6.07, 6.45) is -1.07. The van der Waals surface area contributed by atoms with Crippen molar-refractivity contribution in [2.24, 2.45) is 0 Å². The fourth-order valence-electron chi connectivity index (χ4n) is 1.16. The molecule has 0 heterocycles. The molecule has 1 aromatic carbocycles. The fourth-order valence-corrected chi connectivity index (χ4v) is 1.46. The Bertz CT molecular complexity index is 440. The van der Waals surface area contributed by atoms with Crippen LogP contribution in [0.25, 0.3) is 0 Å². The molecule has 0 saturated heterocycles. The zero-order valence-electron chi connectivity index (χ0n) is 8.70. The number of nitriles is 1. The van der Waals surface area contributed by atoms with Gasteiger partial charge in [-0.1, -0.05) is 15.9 Å². The minimum absolute atomic E-state index is 0.189. The van der Waals surface area contributed by atoms with E-state index in [0.717, 1.165) is 5.56 Å². The molecule has 4 nitrogen and oxygen atoms in total. The number of hydrogen-bond donors (Lipinski definition) is 2. The molecule has 0 aromatic heterocycles. The summed E-state index contributed by atoms with van der Waals surface area (Å²) in [6.45, 7) is 1.79. The SMILES string of the molecule is Cc1cc(NC(=O)[C@@H](O)CBr)ccc1C#N. The van der Waals surface area contributed by atoms with Gasteiger partial charge >= 0.3 is 0 Å². The van der Waals surface area contributed by atoms with Gasteiger partial charge in [0.25, 0.3) is 5.91 Å². The number of benzene rings is 1. The predicted octanol–water partition coefficient (Wildman–Crippen LogP) is 1.56. The maximum atomic E-state index is 11.4. The molecule has 0 saturated carbocycles. The molecule has 5 heteroatoms.